The molecule has 5 heteroatoms. The van der Waals surface area contributed by atoms with Crippen molar-refractivity contribution in [1.29, 1.82) is 0 Å². The zero-order valence-corrected chi connectivity index (χ0v) is 11.5. The number of fused-ring (bicyclic) bond motifs is 1. The third-order valence-corrected chi connectivity index (χ3v) is 3.78. The van der Waals surface area contributed by atoms with Gasteiger partial charge in [0.15, 0.2) is 5.78 Å². The number of aromatic nitrogens is 2. The first-order chi connectivity index (χ1) is 9.72. The van der Waals surface area contributed by atoms with Crippen molar-refractivity contribution in [3.63, 3.8) is 0 Å². The van der Waals surface area contributed by atoms with Crippen LogP contribution < -0.4 is 9.47 Å². The average Bonchev–Trinajstić information content (AvgIpc) is 2.95. The van der Waals surface area contributed by atoms with Crippen LogP contribution in [0.15, 0.2) is 24.4 Å². The minimum absolute atomic E-state index is 0.108. The number of hydrogen-bond donors (Lipinski definition) is 1. The number of benzene rings is 1. The summed E-state index contributed by atoms with van der Waals surface area (Å²) in [5.74, 6) is 1.74. The third kappa shape index (κ3) is 2.05. The molecule has 0 fully saturated rings. The van der Waals surface area contributed by atoms with E-state index >= 15 is 0 Å². The monoisotopic (exact) mass is 272 g/mol. The highest BCUT2D eigenvalue weighted by Gasteiger charge is 2.29. The molecule has 1 heterocycles. The Morgan fingerprint density at radius 2 is 2.10 bits per heavy atom. The number of Topliss-reactive ketones (excluding diaryl/α,β-unsaturated/α-hetero) is 1. The van der Waals surface area contributed by atoms with E-state index in [-0.39, 0.29) is 11.7 Å². The number of rotatable bonds is 3. The summed E-state index contributed by atoms with van der Waals surface area (Å²) in [6.45, 7) is 0. The van der Waals surface area contributed by atoms with Gasteiger partial charge in [0.1, 0.15) is 11.5 Å². The fourth-order valence-corrected chi connectivity index (χ4v) is 2.74. The normalized spacial score (nSPS) is 17.7. The second-order valence-electron chi connectivity index (χ2n) is 4.90. The summed E-state index contributed by atoms with van der Waals surface area (Å²) in [4.78, 5) is 12.1. The van der Waals surface area contributed by atoms with E-state index in [9.17, 15) is 4.79 Å². The predicted molar refractivity (Wildman–Crippen MR) is 73.5 cm³/mol. The molecule has 0 amide bonds. The van der Waals surface area contributed by atoms with E-state index in [1.807, 2.05) is 18.2 Å². The molecule has 104 valence electrons. The summed E-state index contributed by atoms with van der Waals surface area (Å²) in [5.41, 5.74) is 2.65. The molecule has 0 radical (unpaired) electrons. The van der Waals surface area contributed by atoms with Crippen molar-refractivity contribution in [3.05, 3.63) is 41.2 Å². The van der Waals surface area contributed by atoms with Gasteiger partial charge in [-0.15, -0.1) is 0 Å². The van der Waals surface area contributed by atoms with Crippen molar-refractivity contribution in [1.82, 2.24) is 10.2 Å². The highest BCUT2D eigenvalue weighted by atomic mass is 16.5. The van der Waals surface area contributed by atoms with E-state index in [1.165, 1.54) is 0 Å². The average molecular weight is 272 g/mol. The molecule has 1 aromatic carbocycles. The van der Waals surface area contributed by atoms with Crippen LogP contribution in [0.4, 0.5) is 0 Å². The van der Waals surface area contributed by atoms with Gasteiger partial charge < -0.3 is 9.47 Å². The van der Waals surface area contributed by atoms with Gasteiger partial charge in [-0.05, 0) is 18.1 Å². The van der Waals surface area contributed by atoms with Crippen LogP contribution in [0, 0.1) is 0 Å². The quantitative estimate of drug-likeness (QED) is 0.931. The summed E-state index contributed by atoms with van der Waals surface area (Å²) in [6, 6.07) is 5.71. The molecular formula is C15H16N2O3. The maximum atomic E-state index is 12.1. The summed E-state index contributed by atoms with van der Waals surface area (Å²) in [6.07, 6.45) is 2.86. The van der Waals surface area contributed by atoms with Gasteiger partial charge >= 0.3 is 0 Å². The minimum atomic E-state index is 0.108. The molecule has 0 aliphatic heterocycles. The molecular weight excluding hydrogens is 256 g/mol. The molecule has 3 rings (SSSR count). The van der Waals surface area contributed by atoms with Gasteiger partial charge in [-0.25, -0.2) is 0 Å². The number of methoxy groups -OCH3 is 2. The number of ether oxygens (including phenoxy) is 2. The number of carbonyl (C=O) groups is 1. The Balaban J connectivity index is 1.96. The highest BCUT2D eigenvalue weighted by molar-refractivity contribution is 5.98. The standard InChI is InChI=1S/C15H16N2O3/c1-19-10-3-4-11(15(7-10)20-2)9-5-13-12(8-16-17-13)14(18)6-9/h3-4,7-9H,5-6H2,1-2H3,(H,16,17)/t9-/m1/s1. The largest absolute Gasteiger partial charge is 0.497 e. The molecule has 1 aromatic heterocycles. The SMILES string of the molecule is COc1ccc([C@H]2CC(=O)c3cn[nH]c3C2)c(OC)c1. The molecule has 0 bridgehead atoms. The molecule has 2 aromatic rings. The Morgan fingerprint density at radius 1 is 1.25 bits per heavy atom. The fourth-order valence-electron chi connectivity index (χ4n) is 2.74. The lowest BCUT2D eigenvalue weighted by Crippen LogP contribution is -2.18. The van der Waals surface area contributed by atoms with Crippen LogP contribution in [0.3, 0.4) is 0 Å². The van der Waals surface area contributed by atoms with E-state index in [0.717, 1.165) is 29.2 Å². The number of nitrogens with one attached hydrogen (secondary N) is 1. The first-order valence-electron chi connectivity index (χ1n) is 6.50. The lowest BCUT2D eigenvalue weighted by atomic mass is 9.82. The van der Waals surface area contributed by atoms with E-state index in [1.54, 1.807) is 20.4 Å². The van der Waals surface area contributed by atoms with Crippen molar-refractivity contribution in [3.8, 4) is 11.5 Å². The van der Waals surface area contributed by atoms with Crippen LogP contribution in [-0.4, -0.2) is 30.2 Å². The maximum Gasteiger partial charge on any atom is 0.166 e. The van der Waals surface area contributed by atoms with Crippen LogP contribution in [0.2, 0.25) is 0 Å². The first kappa shape index (κ1) is 12.7. The van der Waals surface area contributed by atoms with Gasteiger partial charge in [-0.2, -0.15) is 5.10 Å². The summed E-state index contributed by atoms with van der Waals surface area (Å²) < 4.78 is 10.6. The zero-order valence-electron chi connectivity index (χ0n) is 11.5. The van der Waals surface area contributed by atoms with Gasteiger partial charge in [-0.3, -0.25) is 9.89 Å². The van der Waals surface area contributed by atoms with Gasteiger partial charge in [0, 0.05) is 24.1 Å². The number of H-pyrrole nitrogens is 1. The molecule has 0 saturated carbocycles. The molecule has 20 heavy (non-hydrogen) atoms. The first-order valence-corrected chi connectivity index (χ1v) is 6.50. The second kappa shape index (κ2) is 5.00. The van der Waals surface area contributed by atoms with E-state index in [2.05, 4.69) is 10.2 Å². The van der Waals surface area contributed by atoms with Gasteiger partial charge in [0.2, 0.25) is 0 Å². The van der Waals surface area contributed by atoms with Crippen molar-refractivity contribution < 1.29 is 14.3 Å². The summed E-state index contributed by atoms with van der Waals surface area (Å²) >= 11 is 0. The third-order valence-electron chi connectivity index (χ3n) is 3.78. The van der Waals surface area contributed by atoms with Crippen molar-refractivity contribution in [2.75, 3.05) is 14.2 Å². The maximum absolute atomic E-state index is 12.1. The van der Waals surface area contributed by atoms with Crippen molar-refractivity contribution >= 4 is 5.78 Å². The molecule has 0 unspecified atom stereocenters. The topological polar surface area (TPSA) is 64.2 Å². The van der Waals surface area contributed by atoms with E-state index in [4.69, 9.17) is 9.47 Å². The Kier molecular flexibility index (Phi) is 3.18. The number of nitrogens with zero attached hydrogens (tertiary/aromatic N) is 1. The molecule has 5 nitrogen and oxygen atoms in total. The smallest absolute Gasteiger partial charge is 0.166 e. The van der Waals surface area contributed by atoms with Crippen LogP contribution >= 0.6 is 0 Å². The number of carbonyl (C=O) groups excluding carboxylic acids is 1. The van der Waals surface area contributed by atoms with Crippen molar-refractivity contribution in [2.24, 2.45) is 0 Å². The zero-order chi connectivity index (χ0) is 14.1. The van der Waals surface area contributed by atoms with Crippen LogP contribution in [0.1, 0.15) is 34.0 Å². The van der Waals surface area contributed by atoms with E-state index in [0.29, 0.717) is 12.0 Å². The summed E-state index contributed by atoms with van der Waals surface area (Å²) in [5, 5.41) is 6.87. The lowest BCUT2D eigenvalue weighted by Gasteiger charge is -2.23. The fraction of sp³-hybridized carbons (Fsp3) is 0.333. The molecule has 0 saturated heterocycles. The number of ketones is 1. The predicted octanol–water partition coefficient (Wildman–Crippen LogP) is 2.34. The summed E-state index contributed by atoms with van der Waals surface area (Å²) in [7, 11) is 3.25. The molecule has 0 spiro atoms. The minimum Gasteiger partial charge on any atom is -0.497 e. The Hall–Kier alpha value is -2.30. The van der Waals surface area contributed by atoms with Crippen LogP contribution in [0.5, 0.6) is 11.5 Å². The number of aromatic amines is 1. The van der Waals surface area contributed by atoms with Crippen LogP contribution in [-0.2, 0) is 6.42 Å². The molecule has 1 N–H and O–H groups in total. The lowest BCUT2D eigenvalue weighted by molar-refractivity contribution is 0.0964. The second-order valence-corrected chi connectivity index (χ2v) is 4.90. The Labute approximate surface area is 116 Å². The van der Waals surface area contributed by atoms with Gasteiger partial charge in [-0.1, -0.05) is 6.07 Å². The highest BCUT2D eigenvalue weighted by Crippen LogP contribution is 2.37. The molecule has 1 aliphatic carbocycles. The van der Waals surface area contributed by atoms with Crippen LogP contribution in [0.25, 0.3) is 0 Å². The Bertz CT molecular complexity index is 648. The van der Waals surface area contributed by atoms with Gasteiger partial charge in [0.25, 0.3) is 0 Å². The Morgan fingerprint density at radius 3 is 2.85 bits per heavy atom. The number of hydrogen-bond acceptors (Lipinski definition) is 4. The van der Waals surface area contributed by atoms with Crippen molar-refractivity contribution in [2.45, 2.75) is 18.8 Å². The van der Waals surface area contributed by atoms with E-state index < -0.39 is 0 Å². The van der Waals surface area contributed by atoms with Gasteiger partial charge in [0.05, 0.1) is 26.0 Å². The molecule has 1 atom stereocenters. The molecule has 1 aliphatic rings.